The molecule has 1 aliphatic rings. The number of carbonyl (C=O) groups excluding carboxylic acids is 1. The Labute approximate surface area is 144 Å². The van der Waals surface area contributed by atoms with Crippen molar-refractivity contribution in [3.63, 3.8) is 0 Å². The van der Waals surface area contributed by atoms with Crippen LogP contribution < -0.4 is 19.7 Å². The van der Waals surface area contributed by atoms with Gasteiger partial charge in [0.15, 0.2) is 11.5 Å². The molecule has 0 radical (unpaired) electrons. The topological polar surface area (TPSA) is 79.5 Å². The van der Waals surface area contributed by atoms with Crippen molar-refractivity contribution in [2.45, 2.75) is 6.04 Å². The average molecular weight is 338 g/mol. The molecule has 0 spiro atoms. The SMILES string of the molecule is COc1ccc(C2CNC(=O)N2c2ccc3nc[nH]c3c2)cc1OC. The van der Waals surface area contributed by atoms with E-state index in [1.54, 1.807) is 25.4 Å². The van der Waals surface area contributed by atoms with E-state index in [4.69, 9.17) is 9.47 Å². The normalized spacial score (nSPS) is 17.0. The quantitative estimate of drug-likeness (QED) is 0.767. The minimum atomic E-state index is -0.132. The number of fused-ring (bicyclic) bond motifs is 1. The molecule has 128 valence electrons. The Balaban J connectivity index is 1.74. The highest BCUT2D eigenvalue weighted by atomic mass is 16.5. The van der Waals surface area contributed by atoms with E-state index in [1.165, 1.54) is 0 Å². The predicted molar refractivity (Wildman–Crippen MR) is 94.3 cm³/mol. The van der Waals surface area contributed by atoms with Crippen molar-refractivity contribution in [2.75, 3.05) is 25.7 Å². The van der Waals surface area contributed by atoms with Gasteiger partial charge in [-0.1, -0.05) is 6.07 Å². The first-order valence-electron chi connectivity index (χ1n) is 7.93. The van der Waals surface area contributed by atoms with Crippen LogP contribution in [0.2, 0.25) is 0 Å². The van der Waals surface area contributed by atoms with Gasteiger partial charge in [0, 0.05) is 12.2 Å². The molecule has 2 N–H and O–H groups in total. The van der Waals surface area contributed by atoms with Crippen LogP contribution >= 0.6 is 0 Å². The van der Waals surface area contributed by atoms with Crippen LogP contribution in [0, 0.1) is 0 Å². The minimum absolute atomic E-state index is 0.126. The monoisotopic (exact) mass is 338 g/mol. The number of methoxy groups -OCH3 is 2. The number of anilines is 1. The number of ether oxygens (including phenoxy) is 2. The number of nitrogens with one attached hydrogen (secondary N) is 2. The number of benzene rings is 2. The van der Waals surface area contributed by atoms with Gasteiger partial charge in [-0.15, -0.1) is 0 Å². The molecule has 1 fully saturated rings. The molecule has 2 aromatic carbocycles. The number of hydrogen-bond acceptors (Lipinski definition) is 4. The van der Waals surface area contributed by atoms with Crippen LogP contribution in [0.1, 0.15) is 11.6 Å². The van der Waals surface area contributed by atoms with Gasteiger partial charge < -0.3 is 19.8 Å². The van der Waals surface area contributed by atoms with E-state index in [0.29, 0.717) is 18.0 Å². The van der Waals surface area contributed by atoms with Gasteiger partial charge in [-0.2, -0.15) is 0 Å². The summed E-state index contributed by atoms with van der Waals surface area (Å²) in [5.41, 5.74) is 3.54. The zero-order valence-electron chi connectivity index (χ0n) is 13.9. The third-order valence-corrected chi connectivity index (χ3v) is 4.45. The molecule has 2 amide bonds. The lowest BCUT2D eigenvalue weighted by atomic mass is 10.0. The van der Waals surface area contributed by atoms with Crippen molar-refractivity contribution in [2.24, 2.45) is 0 Å². The summed E-state index contributed by atoms with van der Waals surface area (Å²) in [6, 6.07) is 11.2. The number of imidazole rings is 1. The second-order valence-corrected chi connectivity index (χ2v) is 5.79. The Morgan fingerprint density at radius 3 is 2.76 bits per heavy atom. The molecule has 1 atom stereocenters. The molecule has 3 aromatic rings. The maximum Gasteiger partial charge on any atom is 0.322 e. The molecule has 1 unspecified atom stereocenters. The summed E-state index contributed by atoms with van der Waals surface area (Å²) in [4.78, 5) is 21.5. The van der Waals surface area contributed by atoms with Gasteiger partial charge in [-0.3, -0.25) is 4.90 Å². The van der Waals surface area contributed by atoms with E-state index < -0.39 is 0 Å². The number of urea groups is 1. The molecule has 7 nitrogen and oxygen atoms in total. The summed E-state index contributed by atoms with van der Waals surface area (Å²) in [6.45, 7) is 0.523. The molecule has 1 aliphatic heterocycles. The van der Waals surface area contributed by atoms with Gasteiger partial charge in [0.1, 0.15) is 0 Å². The van der Waals surface area contributed by atoms with E-state index in [-0.39, 0.29) is 12.1 Å². The molecule has 0 saturated carbocycles. The fraction of sp³-hybridized carbons (Fsp3) is 0.222. The third-order valence-electron chi connectivity index (χ3n) is 4.45. The third kappa shape index (κ3) is 2.53. The van der Waals surface area contributed by atoms with Crippen molar-refractivity contribution in [3.8, 4) is 11.5 Å². The van der Waals surface area contributed by atoms with Crippen LogP contribution in [0.15, 0.2) is 42.7 Å². The van der Waals surface area contributed by atoms with E-state index in [0.717, 1.165) is 22.3 Å². The van der Waals surface area contributed by atoms with Gasteiger partial charge in [0.25, 0.3) is 0 Å². The number of aromatic amines is 1. The Kier molecular flexibility index (Phi) is 3.68. The Bertz CT molecular complexity index is 937. The summed E-state index contributed by atoms with van der Waals surface area (Å²) < 4.78 is 10.7. The van der Waals surface area contributed by atoms with Gasteiger partial charge in [-0.25, -0.2) is 9.78 Å². The van der Waals surface area contributed by atoms with Crippen molar-refractivity contribution in [1.82, 2.24) is 15.3 Å². The summed E-state index contributed by atoms with van der Waals surface area (Å²) in [5.74, 6) is 1.30. The van der Waals surface area contributed by atoms with Crippen LogP contribution in [-0.4, -0.2) is 36.8 Å². The van der Waals surface area contributed by atoms with Crippen molar-refractivity contribution in [1.29, 1.82) is 0 Å². The number of rotatable bonds is 4. The Hall–Kier alpha value is -3.22. The van der Waals surface area contributed by atoms with Crippen LogP contribution in [0.3, 0.4) is 0 Å². The summed E-state index contributed by atoms with van der Waals surface area (Å²) >= 11 is 0. The van der Waals surface area contributed by atoms with Gasteiger partial charge in [0.2, 0.25) is 0 Å². The molecular formula is C18H18N4O3. The fourth-order valence-electron chi connectivity index (χ4n) is 3.20. The van der Waals surface area contributed by atoms with Gasteiger partial charge in [-0.05, 0) is 35.9 Å². The van der Waals surface area contributed by atoms with Crippen molar-refractivity contribution in [3.05, 3.63) is 48.3 Å². The maximum absolute atomic E-state index is 12.4. The van der Waals surface area contributed by atoms with Crippen LogP contribution in [0.25, 0.3) is 11.0 Å². The van der Waals surface area contributed by atoms with E-state index in [1.807, 2.05) is 36.4 Å². The minimum Gasteiger partial charge on any atom is -0.493 e. The van der Waals surface area contributed by atoms with E-state index in [2.05, 4.69) is 15.3 Å². The summed E-state index contributed by atoms with van der Waals surface area (Å²) in [5, 5.41) is 2.91. The first-order valence-corrected chi connectivity index (χ1v) is 7.93. The summed E-state index contributed by atoms with van der Waals surface area (Å²) in [7, 11) is 3.20. The number of aromatic nitrogens is 2. The molecule has 0 aliphatic carbocycles. The standard InChI is InChI=1S/C18H18N4O3/c1-24-16-6-3-11(7-17(16)25-2)15-9-19-18(23)22(15)12-4-5-13-14(8-12)21-10-20-13/h3-8,10,15H,9H2,1-2H3,(H,19,23)(H,20,21). The number of hydrogen-bond donors (Lipinski definition) is 2. The average Bonchev–Trinajstić information content (AvgIpc) is 3.26. The van der Waals surface area contributed by atoms with Crippen molar-refractivity contribution < 1.29 is 14.3 Å². The number of amides is 2. The highest BCUT2D eigenvalue weighted by molar-refractivity contribution is 5.97. The lowest BCUT2D eigenvalue weighted by Gasteiger charge is -2.24. The number of nitrogens with zero attached hydrogens (tertiary/aromatic N) is 2. The van der Waals surface area contributed by atoms with Crippen molar-refractivity contribution >= 4 is 22.8 Å². The number of H-pyrrole nitrogens is 1. The molecule has 25 heavy (non-hydrogen) atoms. The molecular weight excluding hydrogens is 320 g/mol. The largest absolute Gasteiger partial charge is 0.493 e. The lowest BCUT2D eigenvalue weighted by molar-refractivity contribution is 0.251. The predicted octanol–water partition coefficient (Wildman–Crippen LogP) is 2.85. The fourth-order valence-corrected chi connectivity index (χ4v) is 3.20. The van der Waals surface area contributed by atoms with Gasteiger partial charge in [0.05, 0.1) is 37.6 Å². The second-order valence-electron chi connectivity index (χ2n) is 5.79. The first kappa shape index (κ1) is 15.3. The number of carbonyl (C=O) groups is 1. The van der Waals surface area contributed by atoms with Crippen LogP contribution in [0.4, 0.5) is 10.5 Å². The molecule has 0 bridgehead atoms. The second kappa shape index (κ2) is 6.01. The summed E-state index contributed by atoms with van der Waals surface area (Å²) in [6.07, 6.45) is 1.64. The van der Waals surface area contributed by atoms with Crippen LogP contribution in [0.5, 0.6) is 11.5 Å². The Morgan fingerprint density at radius 2 is 1.96 bits per heavy atom. The van der Waals surface area contributed by atoms with Crippen LogP contribution in [-0.2, 0) is 0 Å². The first-order chi connectivity index (χ1) is 12.2. The Morgan fingerprint density at radius 1 is 1.12 bits per heavy atom. The zero-order valence-corrected chi connectivity index (χ0v) is 13.9. The molecule has 7 heteroatoms. The van der Waals surface area contributed by atoms with E-state index in [9.17, 15) is 4.79 Å². The molecule has 2 heterocycles. The molecule has 1 saturated heterocycles. The zero-order chi connectivity index (χ0) is 17.4. The smallest absolute Gasteiger partial charge is 0.322 e. The highest BCUT2D eigenvalue weighted by Gasteiger charge is 2.33. The molecule has 4 rings (SSSR count). The molecule has 1 aromatic heterocycles. The highest BCUT2D eigenvalue weighted by Crippen LogP contribution is 2.36. The maximum atomic E-state index is 12.4. The van der Waals surface area contributed by atoms with Gasteiger partial charge >= 0.3 is 6.03 Å². The lowest BCUT2D eigenvalue weighted by Crippen LogP contribution is -2.29. The van der Waals surface area contributed by atoms with E-state index >= 15 is 0 Å².